The number of hydrogen-bond donors (Lipinski definition) is 1. The lowest BCUT2D eigenvalue weighted by Crippen LogP contribution is -2.51. The number of piperazine rings is 1. The number of rotatable bonds is 5. The summed E-state index contributed by atoms with van der Waals surface area (Å²) in [4.78, 5) is 22.0. The smallest absolute Gasteiger partial charge is 0.243 e. The summed E-state index contributed by atoms with van der Waals surface area (Å²) in [6.45, 7) is 0.788. The van der Waals surface area contributed by atoms with Crippen molar-refractivity contribution in [2.24, 2.45) is 0 Å². The minimum Gasteiger partial charge on any atom is -0.497 e. The molecule has 0 radical (unpaired) electrons. The number of sulfonamides is 1. The van der Waals surface area contributed by atoms with Gasteiger partial charge in [0.25, 0.3) is 0 Å². The summed E-state index contributed by atoms with van der Waals surface area (Å²) in [5.41, 5.74) is 1.85. The van der Waals surface area contributed by atoms with Crippen LogP contribution in [0.25, 0.3) is 21.7 Å². The van der Waals surface area contributed by atoms with Gasteiger partial charge in [-0.15, -0.1) is 0 Å². The number of fused-ring (bicyclic) bond motifs is 2. The van der Waals surface area contributed by atoms with E-state index in [2.05, 4.69) is 9.97 Å². The second-order valence-electron chi connectivity index (χ2n) is 7.79. The number of ether oxygens (including phenoxy) is 1. The van der Waals surface area contributed by atoms with Gasteiger partial charge in [-0.1, -0.05) is 12.1 Å². The molecule has 32 heavy (non-hydrogen) atoms. The number of nitrogens with zero attached hydrogens (tertiary/aromatic N) is 3. The molecule has 1 amide bonds. The highest BCUT2D eigenvalue weighted by atomic mass is 32.2. The molecule has 0 bridgehead atoms. The molecule has 1 aliphatic heterocycles. The first-order chi connectivity index (χ1) is 15.4. The van der Waals surface area contributed by atoms with Crippen molar-refractivity contribution in [2.75, 3.05) is 26.7 Å². The van der Waals surface area contributed by atoms with Crippen LogP contribution in [-0.4, -0.2) is 60.2 Å². The summed E-state index contributed by atoms with van der Waals surface area (Å²) >= 11 is 0. The first kappa shape index (κ1) is 20.5. The fraction of sp³-hybridized carbons (Fsp3) is 0.217. The highest BCUT2D eigenvalue weighted by Crippen LogP contribution is 2.26. The van der Waals surface area contributed by atoms with Crippen LogP contribution in [0.15, 0.2) is 65.8 Å². The third kappa shape index (κ3) is 3.69. The Morgan fingerprint density at radius 3 is 2.66 bits per heavy atom. The number of hydrogen-bond acceptors (Lipinski definition) is 5. The van der Waals surface area contributed by atoms with E-state index >= 15 is 0 Å². The van der Waals surface area contributed by atoms with Crippen molar-refractivity contribution in [3.05, 3.63) is 66.6 Å². The quantitative estimate of drug-likeness (QED) is 0.504. The monoisotopic (exact) mass is 450 g/mol. The van der Waals surface area contributed by atoms with Gasteiger partial charge in [0.05, 0.1) is 25.1 Å². The number of carbonyl (C=O) groups excluding carboxylic acids is 1. The lowest BCUT2D eigenvalue weighted by atomic mass is 10.1. The van der Waals surface area contributed by atoms with E-state index in [1.54, 1.807) is 48.7 Å². The number of H-pyrrole nitrogens is 1. The van der Waals surface area contributed by atoms with Gasteiger partial charge >= 0.3 is 0 Å². The topological polar surface area (TPSA) is 95.6 Å². The van der Waals surface area contributed by atoms with Crippen molar-refractivity contribution in [3.8, 4) is 5.75 Å². The van der Waals surface area contributed by atoms with E-state index in [-0.39, 0.29) is 23.9 Å². The summed E-state index contributed by atoms with van der Waals surface area (Å²) in [5.74, 6) is 0.433. The maximum Gasteiger partial charge on any atom is 0.243 e. The predicted molar refractivity (Wildman–Crippen MR) is 121 cm³/mol. The Morgan fingerprint density at radius 1 is 1.03 bits per heavy atom. The lowest BCUT2D eigenvalue weighted by Gasteiger charge is -2.33. The first-order valence-electron chi connectivity index (χ1n) is 10.2. The van der Waals surface area contributed by atoms with Crippen molar-refractivity contribution < 1.29 is 17.9 Å². The number of amides is 1. The van der Waals surface area contributed by atoms with Gasteiger partial charge in [-0.2, -0.15) is 4.31 Å². The van der Waals surface area contributed by atoms with Crippen LogP contribution >= 0.6 is 0 Å². The number of aromatic amines is 1. The molecule has 1 N–H and O–H groups in total. The van der Waals surface area contributed by atoms with Crippen molar-refractivity contribution in [1.29, 1.82) is 0 Å². The van der Waals surface area contributed by atoms with Gasteiger partial charge in [0.2, 0.25) is 15.9 Å². The zero-order chi connectivity index (χ0) is 22.3. The highest BCUT2D eigenvalue weighted by molar-refractivity contribution is 7.89. The largest absolute Gasteiger partial charge is 0.497 e. The molecule has 4 aromatic rings. The van der Waals surface area contributed by atoms with E-state index in [1.807, 2.05) is 24.3 Å². The third-order valence-corrected chi connectivity index (χ3v) is 7.62. The molecule has 5 rings (SSSR count). The van der Waals surface area contributed by atoms with Crippen molar-refractivity contribution in [3.63, 3.8) is 0 Å². The van der Waals surface area contributed by atoms with E-state index in [9.17, 15) is 13.2 Å². The van der Waals surface area contributed by atoms with E-state index in [1.165, 1.54) is 4.31 Å². The van der Waals surface area contributed by atoms with E-state index in [0.29, 0.717) is 18.8 Å². The van der Waals surface area contributed by atoms with Crippen LogP contribution in [0.1, 0.15) is 5.69 Å². The van der Waals surface area contributed by atoms with Gasteiger partial charge in [0.15, 0.2) is 0 Å². The molecule has 8 nitrogen and oxygen atoms in total. The summed E-state index contributed by atoms with van der Waals surface area (Å²) in [6, 6.07) is 14.3. The molecular formula is C23H22N4O4S. The molecule has 0 spiro atoms. The minimum absolute atomic E-state index is 0.169. The van der Waals surface area contributed by atoms with E-state index in [0.717, 1.165) is 27.4 Å². The number of carbonyl (C=O) groups is 1. The Labute approximate surface area is 185 Å². The molecule has 1 aliphatic rings. The van der Waals surface area contributed by atoms with Crippen LogP contribution in [-0.2, 0) is 21.4 Å². The molecule has 3 heterocycles. The zero-order valence-corrected chi connectivity index (χ0v) is 18.3. The van der Waals surface area contributed by atoms with Crippen LogP contribution in [0.2, 0.25) is 0 Å². The zero-order valence-electron chi connectivity index (χ0n) is 17.5. The second-order valence-corrected chi connectivity index (χ2v) is 9.72. The van der Waals surface area contributed by atoms with Crippen molar-refractivity contribution >= 4 is 37.6 Å². The van der Waals surface area contributed by atoms with Crippen molar-refractivity contribution in [2.45, 2.75) is 11.4 Å². The third-order valence-electron chi connectivity index (χ3n) is 5.78. The fourth-order valence-corrected chi connectivity index (χ4v) is 5.44. The summed E-state index contributed by atoms with van der Waals surface area (Å²) in [7, 11) is -2.22. The molecule has 0 atom stereocenters. The van der Waals surface area contributed by atoms with Crippen LogP contribution in [0, 0.1) is 0 Å². The Hall–Kier alpha value is -3.43. The predicted octanol–water partition coefficient (Wildman–Crippen LogP) is 2.76. The first-order valence-corrected chi connectivity index (χ1v) is 11.7. The SMILES string of the molecule is COc1ccc2ccc(S(=O)(=O)N3CCN(Cc4cc5cnccc5[nH]4)C(=O)C3)cc2c1. The number of methoxy groups -OCH3 is 1. The lowest BCUT2D eigenvalue weighted by molar-refractivity contribution is -0.134. The average molecular weight is 451 g/mol. The van der Waals surface area contributed by atoms with E-state index in [4.69, 9.17) is 4.74 Å². The Bertz CT molecular complexity index is 1400. The van der Waals surface area contributed by atoms with Gasteiger partial charge in [-0.25, -0.2) is 8.42 Å². The van der Waals surface area contributed by atoms with Crippen LogP contribution in [0.3, 0.4) is 0 Å². The van der Waals surface area contributed by atoms with Gasteiger partial charge < -0.3 is 14.6 Å². The number of aromatic nitrogens is 2. The second kappa shape index (κ2) is 7.92. The van der Waals surface area contributed by atoms with Gasteiger partial charge in [0.1, 0.15) is 5.75 Å². The van der Waals surface area contributed by atoms with Gasteiger partial charge in [-0.3, -0.25) is 9.78 Å². The van der Waals surface area contributed by atoms with E-state index < -0.39 is 10.0 Å². The Balaban J connectivity index is 1.33. The minimum atomic E-state index is -3.79. The maximum absolute atomic E-state index is 13.2. The molecule has 2 aromatic heterocycles. The summed E-state index contributed by atoms with van der Waals surface area (Å²) in [6.07, 6.45) is 3.47. The normalized spacial score (nSPS) is 15.5. The molecular weight excluding hydrogens is 428 g/mol. The Morgan fingerprint density at radius 2 is 1.88 bits per heavy atom. The molecule has 0 aliphatic carbocycles. The molecule has 9 heteroatoms. The molecule has 1 fully saturated rings. The Kier molecular flexibility index (Phi) is 5.07. The molecule has 0 unspecified atom stereocenters. The standard InChI is InChI=1S/C23H22N4O4S/c1-31-20-4-2-16-3-5-21(12-17(16)11-20)32(29,30)27-9-8-26(23(28)15-27)14-19-10-18-13-24-7-6-22(18)25-19/h2-7,10-13,25H,8-9,14-15H2,1H3. The van der Waals surface area contributed by atoms with Gasteiger partial charge in [-0.05, 0) is 47.2 Å². The average Bonchev–Trinajstić information content (AvgIpc) is 3.22. The van der Waals surface area contributed by atoms with Crippen LogP contribution in [0.5, 0.6) is 5.75 Å². The van der Waals surface area contributed by atoms with Crippen LogP contribution < -0.4 is 4.74 Å². The number of benzene rings is 2. The molecule has 2 aromatic carbocycles. The van der Waals surface area contributed by atoms with Crippen LogP contribution in [0.4, 0.5) is 0 Å². The maximum atomic E-state index is 13.2. The summed E-state index contributed by atoms with van der Waals surface area (Å²) < 4.78 is 32.9. The molecule has 1 saturated heterocycles. The molecule has 0 saturated carbocycles. The number of pyridine rings is 1. The van der Waals surface area contributed by atoms with Crippen molar-refractivity contribution in [1.82, 2.24) is 19.2 Å². The number of nitrogens with one attached hydrogen (secondary N) is 1. The molecule has 164 valence electrons. The fourth-order valence-electron chi connectivity index (χ4n) is 4.02. The summed E-state index contributed by atoms with van der Waals surface area (Å²) in [5, 5.41) is 2.66. The van der Waals surface area contributed by atoms with Gasteiger partial charge in [0, 0.05) is 42.1 Å². The highest BCUT2D eigenvalue weighted by Gasteiger charge is 2.33.